The van der Waals surface area contributed by atoms with E-state index in [-0.39, 0.29) is 11.8 Å². The van der Waals surface area contributed by atoms with Gasteiger partial charge in [-0.25, -0.2) is 9.97 Å². The highest BCUT2D eigenvalue weighted by Crippen LogP contribution is 2.47. The summed E-state index contributed by atoms with van der Waals surface area (Å²) in [6.07, 6.45) is 5.37. The molecule has 2 heterocycles. The van der Waals surface area contributed by atoms with E-state index < -0.39 is 0 Å². The molecule has 5 aromatic carbocycles. The Labute approximate surface area is 219 Å². The van der Waals surface area contributed by atoms with Gasteiger partial charge in [-0.1, -0.05) is 72.8 Å². The van der Waals surface area contributed by atoms with Crippen molar-refractivity contribution in [3.63, 3.8) is 0 Å². The van der Waals surface area contributed by atoms with Crippen molar-refractivity contribution in [3.8, 4) is 0 Å². The van der Waals surface area contributed by atoms with Gasteiger partial charge >= 0.3 is 0 Å². The SMILES string of the molecule is c1cc2c3c(cccc3c1)C(c1nc3ccc4nccnc4c3nc1C1Cc3cccc4cccc1c34)C2. The molecule has 0 saturated carbocycles. The van der Waals surface area contributed by atoms with Gasteiger partial charge in [0.05, 0.1) is 22.4 Å². The Bertz CT molecular complexity index is 2100. The minimum absolute atomic E-state index is 0.151. The molecule has 2 aliphatic carbocycles. The molecule has 2 aromatic heterocycles. The van der Waals surface area contributed by atoms with E-state index in [9.17, 15) is 0 Å². The molecule has 0 fully saturated rings. The van der Waals surface area contributed by atoms with Gasteiger partial charge in [0.25, 0.3) is 0 Å². The zero-order chi connectivity index (χ0) is 24.8. The van der Waals surface area contributed by atoms with E-state index in [2.05, 4.69) is 88.8 Å². The van der Waals surface area contributed by atoms with E-state index in [4.69, 9.17) is 9.97 Å². The molecule has 38 heavy (non-hydrogen) atoms. The molecule has 7 aromatic rings. The predicted octanol–water partition coefficient (Wildman–Crippen LogP) is 7.26. The Morgan fingerprint density at radius 1 is 0.500 bits per heavy atom. The zero-order valence-corrected chi connectivity index (χ0v) is 20.6. The molecule has 0 amide bonds. The summed E-state index contributed by atoms with van der Waals surface area (Å²) in [5.41, 5.74) is 11.1. The number of nitrogens with zero attached hydrogens (tertiary/aromatic N) is 4. The molecule has 2 unspecified atom stereocenters. The van der Waals surface area contributed by atoms with Crippen LogP contribution in [0.2, 0.25) is 0 Å². The summed E-state index contributed by atoms with van der Waals surface area (Å²) in [7, 11) is 0. The predicted molar refractivity (Wildman–Crippen MR) is 152 cm³/mol. The van der Waals surface area contributed by atoms with Gasteiger partial charge in [-0.3, -0.25) is 9.97 Å². The molecule has 9 rings (SSSR count). The first-order chi connectivity index (χ1) is 18.8. The van der Waals surface area contributed by atoms with Crippen molar-refractivity contribution in [1.29, 1.82) is 0 Å². The highest BCUT2D eigenvalue weighted by molar-refractivity contribution is 6.00. The molecule has 4 nitrogen and oxygen atoms in total. The molecule has 0 spiro atoms. The normalized spacial score (nSPS) is 17.8. The van der Waals surface area contributed by atoms with Gasteiger partial charge in [0.1, 0.15) is 11.0 Å². The van der Waals surface area contributed by atoms with Crippen LogP contribution in [0.1, 0.15) is 45.5 Å². The lowest BCUT2D eigenvalue weighted by Gasteiger charge is -2.21. The maximum Gasteiger partial charge on any atom is 0.117 e. The largest absolute Gasteiger partial charge is 0.253 e. The van der Waals surface area contributed by atoms with Crippen LogP contribution in [0.4, 0.5) is 0 Å². The first-order valence-corrected chi connectivity index (χ1v) is 13.3. The van der Waals surface area contributed by atoms with Crippen LogP contribution in [0.5, 0.6) is 0 Å². The number of benzene rings is 5. The van der Waals surface area contributed by atoms with Gasteiger partial charge < -0.3 is 0 Å². The van der Waals surface area contributed by atoms with E-state index >= 15 is 0 Å². The molecule has 0 N–H and O–H groups in total. The van der Waals surface area contributed by atoms with Gasteiger partial charge in [-0.15, -0.1) is 0 Å². The van der Waals surface area contributed by atoms with Gasteiger partial charge in [0, 0.05) is 24.2 Å². The first-order valence-electron chi connectivity index (χ1n) is 13.3. The maximum atomic E-state index is 5.46. The van der Waals surface area contributed by atoms with Crippen molar-refractivity contribution < 1.29 is 0 Å². The molecule has 4 heteroatoms. The summed E-state index contributed by atoms with van der Waals surface area (Å²) in [6.45, 7) is 0. The smallest absolute Gasteiger partial charge is 0.117 e. The molecular weight excluding hydrogens is 464 g/mol. The minimum atomic E-state index is 0.151. The average molecular weight is 487 g/mol. The first kappa shape index (κ1) is 20.4. The molecule has 0 aliphatic heterocycles. The molecule has 2 atom stereocenters. The quantitative estimate of drug-likeness (QED) is 0.241. The topological polar surface area (TPSA) is 51.6 Å². The summed E-state index contributed by atoms with van der Waals surface area (Å²) in [5, 5.41) is 5.36. The Kier molecular flexibility index (Phi) is 3.98. The lowest BCUT2D eigenvalue weighted by atomic mass is 9.87. The van der Waals surface area contributed by atoms with Crippen LogP contribution in [-0.4, -0.2) is 19.9 Å². The maximum absolute atomic E-state index is 5.46. The Morgan fingerprint density at radius 3 is 1.71 bits per heavy atom. The van der Waals surface area contributed by atoms with Crippen LogP contribution in [0, 0.1) is 0 Å². The van der Waals surface area contributed by atoms with Crippen LogP contribution in [-0.2, 0) is 12.8 Å². The molecule has 0 bridgehead atoms. The number of hydrogen-bond acceptors (Lipinski definition) is 4. The summed E-state index contributed by atoms with van der Waals surface area (Å²) in [4.78, 5) is 20.1. The molecule has 0 radical (unpaired) electrons. The fraction of sp³-hybridized carbons (Fsp3) is 0.118. The summed E-state index contributed by atoms with van der Waals surface area (Å²) < 4.78 is 0. The Morgan fingerprint density at radius 2 is 1.05 bits per heavy atom. The Balaban J connectivity index is 1.35. The Hall–Kier alpha value is -4.70. The van der Waals surface area contributed by atoms with Gasteiger partial charge in [-0.05, 0) is 68.8 Å². The fourth-order valence-electron chi connectivity index (χ4n) is 7.06. The number of hydrogen-bond donors (Lipinski definition) is 0. The standard InChI is InChI=1S/C34H22N4/c1-5-19-7-3-11-23-25(17-21(9-1)29(19)23)31-32(26-18-22-10-2-6-20-8-4-12-24(26)30(20)22)38-34-28(37-31)14-13-27-33(34)36-16-15-35-27/h1-16,25-26H,17-18H2. The van der Waals surface area contributed by atoms with Gasteiger partial charge in [0.15, 0.2) is 0 Å². The second-order valence-electron chi connectivity index (χ2n) is 10.6. The van der Waals surface area contributed by atoms with E-state index in [0.29, 0.717) is 0 Å². The van der Waals surface area contributed by atoms with Crippen molar-refractivity contribution in [2.45, 2.75) is 24.7 Å². The number of fused-ring (bicyclic) bond motifs is 3. The van der Waals surface area contributed by atoms with Crippen molar-refractivity contribution in [1.82, 2.24) is 19.9 Å². The third-order valence-corrected chi connectivity index (χ3v) is 8.63. The number of aromatic nitrogens is 4. The van der Waals surface area contributed by atoms with E-state index in [0.717, 1.165) is 46.3 Å². The summed E-state index contributed by atoms with van der Waals surface area (Å²) in [6, 6.07) is 30.8. The van der Waals surface area contributed by atoms with Crippen LogP contribution in [0.3, 0.4) is 0 Å². The second-order valence-corrected chi connectivity index (χ2v) is 10.6. The lowest BCUT2D eigenvalue weighted by Crippen LogP contribution is -2.14. The van der Waals surface area contributed by atoms with Crippen molar-refractivity contribution in [2.75, 3.05) is 0 Å². The number of rotatable bonds is 2. The van der Waals surface area contributed by atoms with Crippen LogP contribution in [0.15, 0.2) is 97.3 Å². The third kappa shape index (κ3) is 2.69. The minimum Gasteiger partial charge on any atom is -0.253 e. The van der Waals surface area contributed by atoms with Crippen LogP contribution < -0.4 is 0 Å². The van der Waals surface area contributed by atoms with E-state index in [1.54, 1.807) is 12.4 Å². The van der Waals surface area contributed by atoms with E-state index in [1.165, 1.54) is 43.8 Å². The fourth-order valence-corrected chi connectivity index (χ4v) is 7.06. The highest BCUT2D eigenvalue weighted by atomic mass is 14.9. The van der Waals surface area contributed by atoms with Crippen molar-refractivity contribution in [3.05, 3.63) is 131 Å². The molecule has 0 saturated heterocycles. The summed E-state index contributed by atoms with van der Waals surface area (Å²) >= 11 is 0. The van der Waals surface area contributed by atoms with Crippen LogP contribution >= 0.6 is 0 Å². The third-order valence-electron chi connectivity index (χ3n) is 8.63. The van der Waals surface area contributed by atoms with E-state index in [1.807, 2.05) is 6.07 Å². The summed E-state index contributed by atoms with van der Waals surface area (Å²) in [5.74, 6) is 0.321. The highest BCUT2D eigenvalue weighted by Gasteiger charge is 2.35. The lowest BCUT2D eigenvalue weighted by molar-refractivity contribution is 0.732. The molecule has 2 aliphatic rings. The van der Waals surface area contributed by atoms with Crippen molar-refractivity contribution in [2.24, 2.45) is 0 Å². The average Bonchev–Trinajstić information content (AvgIpc) is 3.54. The zero-order valence-electron chi connectivity index (χ0n) is 20.6. The van der Waals surface area contributed by atoms with Crippen molar-refractivity contribution >= 4 is 43.6 Å². The molecular formula is C34H22N4. The van der Waals surface area contributed by atoms with Crippen LogP contribution in [0.25, 0.3) is 43.6 Å². The van der Waals surface area contributed by atoms with Gasteiger partial charge in [0.2, 0.25) is 0 Å². The second kappa shape index (κ2) is 7.42. The monoisotopic (exact) mass is 486 g/mol. The van der Waals surface area contributed by atoms with Gasteiger partial charge in [-0.2, -0.15) is 0 Å². The molecule has 178 valence electrons.